The lowest BCUT2D eigenvalue weighted by Crippen LogP contribution is -2.48. The Morgan fingerprint density at radius 2 is 1.60 bits per heavy atom. The molecule has 0 saturated carbocycles. The summed E-state index contributed by atoms with van der Waals surface area (Å²) in [4.78, 5) is 29.6. The summed E-state index contributed by atoms with van der Waals surface area (Å²) >= 11 is 0. The molecular weight excluding hydrogens is 438 g/mol. The second kappa shape index (κ2) is 12.6. The number of rotatable bonds is 10. The number of hydrazone groups is 1. The number of carbonyl (C=O) groups excluding carboxylic acids is 2. The Bertz CT molecular complexity index is 998. The van der Waals surface area contributed by atoms with Gasteiger partial charge in [0.2, 0.25) is 11.8 Å². The minimum atomic E-state index is -0.0323. The number of aryl methyl sites for hydroxylation is 1. The number of nitrogens with one attached hydrogen (secondary N) is 1. The fourth-order valence-corrected chi connectivity index (χ4v) is 4.58. The molecule has 1 fully saturated rings. The summed E-state index contributed by atoms with van der Waals surface area (Å²) in [7, 11) is 0. The Morgan fingerprint density at radius 1 is 0.886 bits per heavy atom. The molecule has 2 heterocycles. The number of hydrogen-bond donors (Lipinski definition) is 1. The number of nitrogens with zero attached hydrogens (tertiary/aromatic N) is 4. The van der Waals surface area contributed by atoms with Crippen molar-refractivity contribution in [1.82, 2.24) is 20.1 Å². The Morgan fingerprint density at radius 3 is 2.31 bits per heavy atom. The van der Waals surface area contributed by atoms with Crippen LogP contribution < -0.4 is 5.32 Å². The third-order valence-electron chi connectivity index (χ3n) is 6.82. The Hall–Kier alpha value is -3.03. The van der Waals surface area contributed by atoms with E-state index in [0.717, 1.165) is 57.0 Å². The van der Waals surface area contributed by atoms with E-state index in [1.165, 1.54) is 16.1 Å². The third kappa shape index (κ3) is 7.47. The Kier molecular flexibility index (Phi) is 9.03. The number of benzene rings is 2. The van der Waals surface area contributed by atoms with E-state index in [1.54, 1.807) is 0 Å². The quantitative estimate of drug-likeness (QED) is 0.574. The van der Waals surface area contributed by atoms with Gasteiger partial charge in [0.05, 0.1) is 12.3 Å². The second-order valence-corrected chi connectivity index (χ2v) is 9.32. The van der Waals surface area contributed by atoms with E-state index in [-0.39, 0.29) is 18.2 Å². The number of carbonyl (C=O) groups is 2. The van der Waals surface area contributed by atoms with Gasteiger partial charge in [0, 0.05) is 65.1 Å². The third-order valence-corrected chi connectivity index (χ3v) is 6.82. The molecule has 0 radical (unpaired) electrons. The topological polar surface area (TPSA) is 68.2 Å². The molecule has 1 N–H and O–H groups in total. The first-order valence-electron chi connectivity index (χ1n) is 12.8. The Balaban J connectivity index is 1.15. The maximum absolute atomic E-state index is 12.4. The van der Waals surface area contributed by atoms with E-state index in [2.05, 4.69) is 81.7 Å². The molecule has 1 saturated heterocycles. The molecule has 0 aromatic heterocycles. The van der Waals surface area contributed by atoms with Gasteiger partial charge >= 0.3 is 0 Å². The molecule has 0 unspecified atom stereocenters. The van der Waals surface area contributed by atoms with Gasteiger partial charge in [-0.25, -0.2) is 5.01 Å². The average molecular weight is 476 g/mol. The average Bonchev–Trinajstić information content (AvgIpc) is 2.90. The Labute approximate surface area is 208 Å². The predicted molar refractivity (Wildman–Crippen MR) is 139 cm³/mol. The van der Waals surface area contributed by atoms with Crippen LogP contribution in [0.1, 0.15) is 42.9 Å². The molecule has 0 atom stereocenters. The summed E-state index contributed by atoms with van der Waals surface area (Å²) in [5, 5.41) is 9.04. The van der Waals surface area contributed by atoms with Crippen LogP contribution in [0.15, 0.2) is 59.7 Å². The van der Waals surface area contributed by atoms with Crippen LogP contribution in [0.25, 0.3) is 0 Å². The number of amides is 2. The molecule has 2 amide bonds. The maximum Gasteiger partial charge on any atom is 0.243 e. The fraction of sp³-hybridized carbons (Fsp3) is 0.464. The normalized spacial score (nSPS) is 17.3. The van der Waals surface area contributed by atoms with E-state index < -0.39 is 0 Å². The zero-order valence-corrected chi connectivity index (χ0v) is 20.8. The molecule has 35 heavy (non-hydrogen) atoms. The van der Waals surface area contributed by atoms with Crippen LogP contribution in [-0.2, 0) is 22.6 Å². The molecule has 2 aromatic rings. The molecule has 7 nitrogen and oxygen atoms in total. The molecular formula is C28H37N5O2. The maximum atomic E-state index is 12.4. The molecule has 2 aliphatic heterocycles. The predicted octanol–water partition coefficient (Wildman–Crippen LogP) is 2.90. The molecule has 186 valence electrons. The molecule has 0 bridgehead atoms. The van der Waals surface area contributed by atoms with Gasteiger partial charge in [0.15, 0.2) is 0 Å². The van der Waals surface area contributed by atoms with Crippen molar-refractivity contribution in [1.29, 1.82) is 0 Å². The monoisotopic (exact) mass is 475 g/mol. The lowest BCUT2D eigenvalue weighted by Gasteiger charge is -2.34. The highest BCUT2D eigenvalue weighted by molar-refractivity contribution is 6.04. The first-order chi connectivity index (χ1) is 17.1. The first-order valence-corrected chi connectivity index (χ1v) is 12.8. The smallest absolute Gasteiger partial charge is 0.243 e. The summed E-state index contributed by atoms with van der Waals surface area (Å²) < 4.78 is 0. The van der Waals surface area contributed by atoms with Crippen molar-refractivity contribution in [3.63, 3.8) is 0 Å². The van der Waals surface area contributed by atoms with Crippen LogP contribution in [0.4, 0.5) is 0 Å². The molecule has 4 rings (SSSR count). The van der Waals surface area contributed by atoms with Gasteiger partial charge in [0.1, 0.15) is 0 Å². The van der Waals surface area contributed by atoms with Crippen LogP contribution in [0, 0.1) is 0 Å². The van der Waals surface area contributed by atoms with Gasteiger partial charge in [-0.1, -0.05) is 61.5 Å². The highest BCUT2D eigenvalue weighted by Crippen LogP contribution is 2.16. The van der Waals surface area contributed by atoms with E-state index in [9.17, 15) is 9.59 Å². The standard InChI is InChI=1S/C28H37N5O2/c1-2-23-8-10-25(11-9-23)26-12-13-28(35)33(30-26)16-14-27(34)29-15-17-31-18-20-32(21-19-31)22-24-6-4-3-5-7-24/h3-11H,2,12-22H2,1H3,(H,29,34). The molecule has 7 heteroatoms. The molecule has 0 spiro atoms. The molecule has 2 aliphatic rings. The summed E-state index contributed by atoms with van der Waals surface area (Å²) in [6.07, 6.45) is 2.34. The fourth-order valence-electron chi connectivity index (χ4n) is 4.58. The van der Waals surface area contributed by atoms with Crippen molar-refractivity contribution < 1.29 is 9.59 Å². The van der Waals surface area contributed by atoms with Crippen LogP contribution >= 0.6 is 0 Å². The lowest BCUT2D eigenvalue weighted by molar-refractivity contribution is -0.132. The summed E-state index contributed by atoms with van der Waals surface area (Å²) in [6.45, 7) is 9.04. The minimum absolute atomic E-state index is 0.0138. The second-order valence-electron chi connectivity index (χ2n) is 9.32. The summed E-state index contributed by atoms with van der Waals surface area (Å²) in [6, 6.07) is 18.9. The minimum Gasteiger partial charge on any atom is -0.355 e. The molecule has 2 aromatic carbocycles. The SMILES string of the molecule is CCc1ccc(C2=NN(CCC(=O)NCCN3CCN(Cc4ccccc4)CC3)C(=O)CC2)cc1. The first kappa shape index (κ1) is 25.1. The highest BCUT2D eigenvalue weighted by atomic mass is 16.2. The van der Waals surface area contributed by atoms with Crippen molar-refractivity contribution in [2.24, 2.45) is 5.10 Å². The van der Waals surface area contributed by atoms with Crippen LogP contribution in [0.3, 0.4) is 0 Å². The number of hydrogen-bond acceptors (Lipinski definition) is 5. The molecule has 0 aliphatic carbocycles. The van der Waals surface area contributed by atoms with Gasteiger partial charge in [-0.3, -0.25) is 19.4 Å². The van der Waals surface area contributed by atoms with E-state index in [0.29, 0.717) is 25.9 Å². The van der Waals surface area contributed by atoms with E-state index >= 15 is 0 Å². The van der Waals surface area contributed by atoms with Crippen molar-refractivity contribution in [2.45, 2.75) is 39.2 Å². The lowest BCUT2D eigenvalue weighted by atomic mass is 10.0. The van der Waals surface area contributed by atoms with E-state index in [1.807, 2.05) is 0 Å². The van der Waals surface area contributed by atoms with Crippen LogP contribution in [-0.4, -0.2) is 78.1 Å². The summed E-state index contributed by atoms with van der Waals surface area (Å²) in [5.41, 5.74) is 4.60. The van der Waals surface area contributed by atoms with Crippen molar-refractivity contribution in [3.8, 4) is 0 Å². The van der Waals surface area contributed by atoms with Crippen LogP contribution in [0.2, 0.25) is 0 Å². The van der Waals surface area contributed by atoms with Gasteiger partial charge in [-0.05, 0) is 23.1 Å². The van der Waals surface area contributed by atoms with Gasteiger partial charge in [0.25, 0.3) is 0 Å². The number of piperazine rings is 1. The van der Waals surface area contributed by atoms with E-state index in [4.69, 9.17) is 0 Å². The van der Waals surface area contributed by atoms with Gasteiger partial charge in [-0.15, -0.1) is 0 Å². The van der Waals surface area contributed by atoms with Crippen molar-refractivity contribution in [3.05, 3.63) is 71.3 Å². The van der Waals surface area contributed by atoms with Crippen molar-refractivity contribution >= 4 is 17.5 Å². The van der Waals surface area contributed by atoms with Crippen LogP contribution in [0.5, 0.6) is 0 Å². The zero-order valence-electron chi connectivity index (χ0n) is 20.8. The largest absolute Gasteiger partial charge is 0.355 e. The van der Waals surface area contributed by atoms with Gasteiger partial charge < -0.3 is 5.32 Å². The summed E-state index contributed by atoms with van der Waals surface area (Å²) in [5.74, 6) is -0.0461. The van der Waals surface area contributed by atoms with Crippen molar-refractivity contribution in [2.75, 3.05) is 45.8 Å². The highest BCUT2D eigenvalue weighted by Gasteiger charge is 2.22. The zero-order chi connectivity index (χ0) is 24.5. The van der Waals surface area contributed by atoms with Gasteiger partial charge in [-0.2, -0.15) is 5.10 Å².